The Bertz CT molecular complexity index is 339. The van der Waals surface area contributed by atoms with E-state index in [-0.39, 0.29) is 0 Å². The second kappa shape index (κ2) is 5.46. The lowest BCUT2D eigenvalue weighted by molar-refractivity contribution is 0.371. The maximum Gasteiger partial charge on any atom is 0.0628 e. The zero-order valence-corrected chi connectivity index (χ0v) is 10.8. The van der Waals surface area contributed by atoms with Gasteiger partial charge in [0.05, 0.1) is 5.69 Å². The minimum atomic E-state index is 0.402. The van der Waals surface area contributed by atoms with E-state index in [9.17, 15) is 0 Å². The molecule has 0 saturated heterocycles. The Morgan fingerprint density at radius 2 is 1.81 bits per heavy atom. The van der Waals surface area contributed by atoms with Crippen molar-refractivity contribution < 1.29 is 0 Å². The van der Waals surface area contributed by atoms with Gasteiger partial charge < -0.3 is 11.5 Å². The zero-order chi connectivity index (χ0) is 12.3. The molecule has 4 heteroatoms. The van der Waals surface area contributed by atoms with Gasteiger partial charge in [-0.2, -0.15) is 5.10 Å². The van der Waals surface area contributed by atoms with Crippen LogP contribution in [-0.4, -0.2) is 22.9 Å². The van der Waals surface area contributed by atoms with E-state index in [2.05, 4.69) is 25.9 Å². The third-order valence-electron chi connectivity index (χ3n) is 3.60. The summed E-state index contributed by atoms with van der Waals surface area (Å²) in [6, 6.07) is 0. The Balaban J connectivity index is 2.80. The molecule has 0 aliphatic heterocycles. The molecule has 4 nitrogen and oxygen atoms in total. The molecule has 0 aliphatic rings. The average Bonchev–Trinajstić information content (AvgIpc) is 2.47. The van der Waals surface area contributed by atoms with Crippen LogP contribution < -0.4 is 11.5 Å². The van der Waals surface area contributed by atoms with E-state index in [1.54, 1.807) is 0 Å². The summed E-state index contributed by atoms with van der Waals surface area (Å²) in [7, 11) is 1.99. The molecule has 0 fully saturated rings. The molecule has 1 unspecified atom stereocenters. The smallest absolute Gasteiger partial charge is 0.0628 e. The first-order valence-electron chi connectivity index (χ1n) is 5.90. The van der Waals surface area contributed by atoms with Gasteiger partial charge in [-0.25, -0.2) is 0 Å². The van der Waals surface area contributed by atoms with Crippen LogP contribution in [0.1, 0.15) is 23.9 Å². The number of nitrogens with two attached hydrogens (primary N) is 2. The summed E-state index contributed by atoms with van der Waals surface area (Å²) in [4.78, 5) is 0. The van der Waals surface area contributed by atoms with Gasteiger partial charge in [0, 0.05) is 12.7 Å². The van der Waals surface area contributed by atoms with E-state index >= 15 is 0 Å². The highest BCUT2D eigenvalue weighted by molar-refractivity contribution is 5.24. The van der Waals surface area contributed by atoms with Crippen LogP contribution in [0, 0.1) is 25.7 Å². The van der Waals surface area contributed by atoms with Crippen LogP contribution in [-0.2, 0) is 13.5 Å². The highest BCUT2D eigenvalue weighted by Gasteiger charge is 2.18. The van der Waals surface area contributed by atoms with Crippen molar-refractivity contribution in [2.45, 2.75) is 27.2 Å². The number of aromatic nitrogens is 2. The first-order valence-corrected chi connectivity index (χ1v) is 5.90. The Kier molecular flexibility index (Phi) is 4.50. The van der Waals surface area contributed by atoms with Crippen LogP contribution in [0.3, 0.4) is 0 Å². The van der Waals surface area contributed by atoms with Gasteiger partial charge in [-0.1, -0.05) is 6.92 Å². The van der Waals surface area contributed by atoms with Gasteiger partial charge in [-0.15, -0.1) is 0 Å². The van der Waals surface area contributed by atoms with Gasteiger partial charge in [-0.3, -0.25) is 4.68 Å². The largest absolute Gasteiger partial charge is 0.330 e. The van der Waals surface area contributed by atoms with E-state index < -0.39 is 0 Å². The maximum atomic E-state index is 5.72. The molecule has 16 heavy (non-hydrogen) atoms. The molecular formula is C12H24N4. The van der Waals surface area contributed by atoms with E-state index in [1.165, 1.54) is 11.3 Å². The predicted octanol–water partition coefficient (Wildman–Crippen LogP) is 0.749. The van der Waals surface area contributed by atoms with Gasteiger partial charge in [0.15, 0.2) is 0 Å². The minimum Gasteiger partial charge on any atom is -0.330 e. The van der Waals surface area contributed by atoms with Crippen molar-refractivity contribution >= 4 is 0 Å². The molecule has 1 rings (SSSR count). The fourth-order valence-corrected chi connectivity index (χ4v) is 2.16. The zero-order valence-electron chi connectivity index (χ0n) is 10.8. The molecule has 4 N–H and O–H groups in total. The highest BCUT2D eigenvalue weighted by atomic mass is 15.3. The third kappa shape index (κ3) is 2.62. The molecule has 92 valence electrons. The first kappa shape index (κ1) is 13.2. The molecule has 0 bridgehead atoms. The van der Waals surface area contributed by atoms with Crippen LogP contribution >= 0.6 is 0 Å². The molecule has 1 heterocycles. The summed E-state index contributed by atoms with van der Waals surface area (Å²) >= 11 is 0. The molecule has 0 spiro atoms. The minimum absolute atomic E-state index is 0.402. The van der Waals surface area contributed by atoms with Crippen molar-refractivity contribution in [1.82, 2.24) is 9.78 Å². The van der Waals surface area contributed by atoms with Crippen molar-refractivity contribution in [3.63, 3.8) is 0 Å². The lowest BCUT2D eigenvalue weighted by Crippen LogP contribution is -2.30. The monoisotopic (exact) mass is 224 g/mol. The van der Waals surface area contributed by atoms with Crippen molar-refractivity contribution in [1.29, 1.82) is 0 Å². The van der Waals surface area contributed by atoms with Crippen molar-refractivity contribution in [3.8, 4) is 0 Å². The van der Waals surface area contributed by atoms with Gasteiger partial charge in [0.2, 0.25) is 0 Å². The summed E-state index contributed by atoms with van der Waals surface area (Å²) < 4.78 is 1.94. The molecule has 1 atom stereocenters. The average molecular weight is 224 g/mol. The molecule has 0 radical (unpaired) electrons. The number of hydrogen-bond donors (Lipinski definition) is 2. The molecule has 0 aromatic carbocycles. The standard InChI is InChI=1S/C12H24N4/c1-8(11(6-13)7-14)5-12-9(2)15-16(4)10(12)3/h8,11H,5-7,13-14H2,1-4H3. The van der Waals surface area contributed by atoms with E-state index in [0.29, 0.717) is 24.9 Å². The van der Waals surface area contributed by atoms with E-state index in [0.717, 1.165) is 12.1 Å². The summed E-state index contributed by atoms with van der Waals surface area (Å²) in [5.74, 6) is 0.913. The van der Waals surface area contributed by atoms with Gasteiger partial charge in [0.25, 0.3) is 0 Å². The predicted molar refractivity (Wildman–Crippen MR) is 67.1 cm³/mol. The van der Waals surface area contributed by atoms with Gasteiger partial charge in [0.1, 0.15) is 0 Å². The normalized spacial score (nSPS) is 13.4. The molecule has 1 aromatic rings. The second-order valence-electron chi connectivity index (χ2n) is 4.69. The van der Waals surface area contributed by atoms with Crippen LogP contribution in [0.5, 0.6) is 0 Å². The Hall–Kier alpha value is -0.870. The lowest BCUT2D eigenvalue weighted by atomic mass is 9.88. The Morgan fingerprint density at radius 1 is 1.25 bits per heavy atom. The summed E-state index contributed by atoms with van der Waals surface area (Å²) in [6.45, 7) is 7.72. The summed E-state index contributed by atoms with van der Waals surface area (Å²) in [6.07, 6.45) is 1.02. The van der Waals surface area contributed by atoms with Crippen molar-refractivity contribution in [2.24, 2.45) is 30.4 Å². The number of hydrogen-bond acceptors (Lipinski definition) is 3. The summed E-state index contributed by atoms with van der Waals surface area (Å²) in [5.41, 5.74) is 15.2. The molecule has 1 aromatic heterocycles. The number of aryl methyl sites for hydroxylation is 2. The van der Waals surface area contributed by atoms with Crippen molar-refractivity contribution in [3.05, 3.63) is 17.0 Å². The summed E-state index contributed by atoms with van der Waals surface area (Å²) in [5, 5.41) is 4.43. The van der Waals surface area contributed by atoms with Crippen LogP contribution in [0.4, 0.5) is 0 Å². The lowest BCUT2D eigenvalue weighted by Gasteiger charge is -2.20. The number of rotatable bonds is 5. The quantitative estimate of drug-likeness (QED) is 0.775. The molecule has 0 saturated carbocycles. The number of nitrogens with zero attached hydrogens (tertiary/aromatic N) is 2. The third-order valence-corrected chi connectivity index (χ3v) is 3.60. The van der Waals surface area contributed by atoms with Gasteiger partial charge in [-0.05, 0) is 50.8 Å². The fraction of sp³-hybridized carbons (Fsp3) is 0.750. The fourth-order valence-electron chi connectivity index (χ4n) is 2.16. The Labute approximate surface area is 98.0 Å². The van der Waals surface area contributed by atoms with E-state index in [4.69, 9.17) is 11.5 Å². The first-order chi connectivity index (χ1) is 7.51. The molecule has 0 amide bonds. The highest BCUT2D eigenvalue weighted by Crippen LogP contribution is 2.20. The van der Waals surface area contributed by atoms with Gasteiger partial charge >= 0.3 is 0 Å². The SMILES string of the molecule is Cc1nn(C)c(C)c1CC(C)C(CN)CN. The molecular weight excluding hydrogens is 200 g/mol. The Morgan fingerprint density at radius 3 is 2.19 bits per heavy atom. The van der Waals surface area contributed by atoms with Crippen LogP contribution in [0.25, 0.3) is 0 Å². The topological polar surface area (TPSA) is 69.9 Å². The maximum absolute atomic E-state index is 5.72. The second-order valence-corrected chi connectivity index (χ2v) is 4.69. The van der Waals surface area contributed by atoms with Crippen LogP contribution in [0.2, 0.25) is 0 Å². The molecule has 0 aliphatic carbocycles. The van der Waals surface area contributed by atoms with E-state index in [1.807, 2.05) is 11.7 Å². The van der Waals surface area contributed by atoms with Crippen LogP contribution in [0.15, 0.2) is 0 Å². The van der Waals surface area contributed by atoms with Crippen molar-refractivity contribution in [2.75, 3.05) is 13.1 Å².